The Bertz CT molecular complexity index is 831. The lowest BCUT2D eigenvalue weighted by Gasteiger charge is -2.12. The number of thiocarbonyl (C=S) groups is 1. The highest BCUT2D eigenvalue weighted by Gasteiger charge is 2.31. The number of aliphatic carboxylic acids is 1. The minimum atomic E-state index is -4.56. The summed E-state index contributed by atoms with van der Waals surface area (Å²) in [6.45, 7) is 0.913. The zero-order chi connectivity index (χ0) is 19.5. The lowest BCUT2D eigenvalue weighted by atomic mass is 10.1. The summed E-state index contributed by atoms with van der Waals surface area (Å²) in [5.74, 6) is -1.66. The molecule has 0 aromatic heterocycles. The fraction of sp³-hybridized carbons (Fsp3) is 0.188. The fourth-order valence-electron chi connectivity index (χ4n) is 1.99. The van der Waals surface area contributed by atoms with Gasteiger partial charge in [0.05, 0.1) is 10.5 Å². The van der Waals surface area contributed by atoms with Crippen molar-refractivity contribution in [2.75, 3.05) is 6.61 Å². The van der Waals surface area contributed by atoms with Gasteiger partial charge >= 0.3 is 12.1 Å². The van der Waals surface area contributed by atoms with Gasteiger partial charge in [-0.15, -0.1) is 0 Å². The molecule has 1 heterocycles. The van der Waals surface area contributed by atoms with Crippen molar-refractivity contribution in [3.63, 3.8) is 0 Å². The van der Waals surface area contributed by atoms with Gasteiger partial charge in [-0.25, -0.2) is 4.79 Å². The maximum atomic E-state index is 12.9. The van der Waals surface area contributed by atoms with Gasteiger partial charge in [-0.2, -0.15) is 13.2 Å². The molecule has 0 unspecified atom stereocenters. The number of carboxylic acid groups (broad SMARTS) is 1. The van der Waals surface area contributed by atoms with E-state index in [0.717, 1.165) is 30.0 Å². The van der Waals surface area contributed by atoms with Crippen LogP contribution in [-0.4, -0.2) is 27.9 Å². The third-order valence-corrected chi connectivity index (χ3v) is 4.53. The lowest BCUT2D eigenvalue weighted by Crippen LogP contribution is -2.18. The summed E-state index contributed by atoms with van der Waals surface area (Å²) in [4.78, 5) is 22.7. The van der Waals surface area contributed by atoms with Gasteiger partial charge < -0.3 is 15.2 Å². The highest BCUT2D eigenvalue weighted by atomic mass is 32.2. The second-order valence-electron chi connectivity index (χ2n) is 5.12. The van der Waals surface area contributed by atoms with Crippen LogP contribution in [0.2, 0.25) is 0 Å². The van der Waals surface area contributed by atoms with Gasteiger partial charge in [0, 0.05) is 5.56 Å². The standard InChI is InChI=1S/C16H12F3NO4S2/c1-8(13-14(23)20-15(25)26-13)2-3-9-6-10(16(17,18)19)4-5-11(9)24-7-12(21)22/h2-6H,7H2,1H3,(H,21,22)(H,20,23,25)/b3-2+,13-8+. The third-order valence-electron chi connectivity index (χ3n) is 3.18. The van der Waals surface area contributed by atoms with E-state index in [0.29, 0.717) is 14.8 Å². The number of carbonyl (C=O) groups is 2. The quantitative estimate of drug-likeness (QED) is 0.578. The van der Waals surface area contributed by atoms with Crippen molar-refractivity contribution < 1.29 is 32.6 Å². The predicted octanol–water partition coefficient (Wildman–Crippen LogP) is 3.60. The zero-order valence-electron chi connectivity index (χ0n) is 13.2. The first-order valence-electron chi connectivity index (χ1n) is 7.06. The fourth-order valence-corrected chi connectivity index (χ4v) is 3.03. The topological polar surface area (TPSA) is 75.6 Å². The molecule has 0 aliphatic carbocycles. The molecule has 1 saturated heterocycles. The van der Waals surface area contributed by atoms with Gasteiger partial charge in [0.15, 0.2) is 6.61 Å². The Morgan fingerprint density at radius 1 is 1.42 bits per heavy atom. The molecule has 2 rings (SSSR count). The minimum absolute atomic E-state index is 0.0199. The summed E-state index contributed by atoms with van der Waals surface area (Å²) >= 11 is 5.93. The summed E-state index contributed by atoms with van der Waals surface area (Å²) in [5.41, 5.74) is -0.375. The second-order valence-corrected chi connectivity index (χ2v) is 6.81. The number of amides is 1. The maximum Gasteiger partial charge on any atom is 0.416 e. The van der Waals surface area contributed by atoms with Crippen molar-refractivity contribution in [2.45, 2.75) is 13.1 Å². The van der Waals surface area contributed by atoms with Gasteiger partial charge in [0.2, 0.25) is 0 Å². The van der Waals surface area contributed by atoms with Crippen LogP contribution >= 0.6 is 24.0 Å². The van der Waals surface area contributed by atoms with E-state index in [-0.39, 0.29) is 17.2 Å². The SMILES string of the molecule is CC(/C=C/c1cc(C(F)(F)F)ccc1OCC(=O)O)=C1\SC(=S)NC1=O. The average molecular weight is 403 g/mol. The molecule has 26 heavy (non-hydrogen) atoms. The average Bonchev–Trinajstić information content (AvgIpc) is 2.88. The Morgan fingerprint density at radius 2 is 2.12 bits per heavy atom. The van der Waals surface area contributed by atoms with E-state index in [9.17, 15) is 22.8 Å². The highest BCUT2D eigenvalue weighted by molar-refractivity contribution is 8.26. The molecule has 10 heteroatoms. The normalized spacial score (nSPS) is 16.8. The smallest absolute Gasteiger partial charge is 0.416 e. The van der Waals surface area contributed by atoms with Crippen LogP contribution in [-0.2, 0) is 15.8 Å². The molecule has 5 nitrogen and oxygen atoms in total. The van der Waals surface area contributed by atoms with Crippen LogP contribution in [0.1, 0.15) is 18.1 Å². The number of ether oxygens (including phenoxy) is 1. The van der Waals surface area contributed by atoms with Crippen LogP contribution in [0.3, 0.4) is 0 Å². The van der Waals surface area contributed by atoms with Crippen LogP contribution in [0.5, 0.6) is 5.75 Å². The van der Waals surface area contributed by atoms with Crippen LogP contribution < -0.4 is 10.1 Å². The van der Waals surface area contributed by atoms with Crippen LogP contribution in [0, 0.1) is 0 Å². The van der Waals surface area contributed by atoms with Crippen LogP contribution in [0.15, 0.2) is 34.8 Å². The van der Waals surface area contributed by atoms with Crippen molar-refractivity contribution in [3.8, 4) is 5.75 Å². The number of carboxylic acids is 1. The van der Waals surface area contributed by atoms with Crippen molar-refractivity contribution in [1.82, 2.24) is 5.32 Å². The molecular weight excluding hydrogens is 391 g/mol. The number of alkyl halides is 3. The van der Waals surface area contributed by atoms with Gasteiger partial charge in [-0.1, -0.05) is 36.1 Å². The van der Waals surface area contributed by atoms with Crippen molar-refractivity contribution in [2.24, 2.45) is 0 Å². The molecule has 0 saturated carbocycles. The number of carbonyl (C=O) groups excluding carboxylic acids is 1. The number of hydrogen-bond acceptors (Lipinski definition) is 5. The molecule has 1 amide bonds. The number of thioether (sulfide) groups is 1. The van der Waals surface area contributed by atoms with E-state index in [1.165, 1.54) is 12.2 Å². The molecule has 0 bridgehead atoms. The molecule has 0 atom stereocenters. The summed E-state index contributed by atoms with van der Waals surface area (Å²) in [5, 5.41) is 11.1. The minimum Gasteiger partial charge on any atom is -0.481 e. The third kappa shape index (κ3) is 5.09. The van der Waals surface area contributed by atoms with Crippen LogP contribution in [0.4, 0.5) is 13.2 Å². The van der Waals surface area contributed by atoms with E-state index in [1.54, 1.807) is 6.92 Å². The van der Waals surface area contributed by atoms with E-state index < -0.39 is 24.3 Å². The Balaban J connectivity index is 2.38. The summed E-state index contributed by atoms with van der Waals surface area (Å²) < 4.78 is 44.1. The molecule has 1 fully saturated rings. The molecule has 1 aromatic carbocycles. The van der Waals surface area contributed by atoms with Gasteiger partial charge in [-0.05, 0) is 30.7 Å². The van der Waals surface area contributed by atoms with Gasteiger partial charge in [0.25, 0.3) is 5.91 Å². The summed E-state index contributed by atoms with van der Waals surface area (Å²) in [7, 11) is 0. The van der Waals surface area contributed by atoms with E-state index in [4.69, 9.17) is 22.1 Å². The zero-order valence-corrected chi connectivity index (χ0v) is 14.8. The molecular formula is C16H12F3NO4S2. The Labute approximate surface area is 155 Å². The summed E-state index contributed by atoms with van der Waals surface area (Å²) in [6.07, 6.45) is -1.79. The van der Waals surface area contributed by atoms with E-state index in [2.05, 4.69) is 5.32 Å². The van der Waals surface area contributed by atoms with Gasteiger partial charge in [0.1, 0.15) is 10.1 Å². The lowest BCUT2D eigenvalue weighted by molar-refractivity contribution is -0.140. The Morgan fingerprint density at radius 3 is 2.65 bits per heavy atom. The number of halogens is 3. The molecule has 1 aliphatic rings. The van der Waals surface area contributed by atoms with E-state index >= 15 is 0 Å². The van der Waals surface area contributed by atoms with Crippen molar-refractivity contribution >= 4 is 46.3 Å². The number of allylic oxidation sites excluding steroid dienone is 2. The molecule has 0 radical (unpaired) electrons. The first-order chi connectivity index (χ1) is 12.1. The molecule has 1 aliphatic heterocycles. The summed E-state index contributed by atoms with van der Waals surface area (Å²) in [6, 6.07) is 2.71. The molecule has 2 N–H and O–H groups in total. The first-order valence-corrected chi connectivity index (χ1v) is 8.28. The monoisotopic (exact) mass is 403 g/mol. The van der Waals surface area contributed by atoms with E-state index in [1.807, 2.05) is 0 Å². The Hall–Kier alpha value is -2.33. The van der Waals surface area contributed by atoms with Crippen LogP contribution in [0.25, 0.3) is 6.08 Å². The number of hydrogen-bond donors (Lipinski definition) is 2. The predicted molar refractivity (Wildman–Crippen MR) is 94.6 cm³/mol. The highest BCUT2D eigenvalue weighted by Crippen LogP contribution is 2.34. The molecule has 0 spiro atoms. The molecule has 138 valence electrons. The van der Waals surface area contributed by atoms with Crippen molar-refractivity contribution in [1.29, 1.82) is 0 Å². The van der Waals surface area contributed by atoms with Crippen molar-refractivity contribution in [3.05, 3.63) is 45.9 Å². The maximum absolute atomic E-state index is 12.9. The first kappa shape index (κ1) is 20.0. The number of nitrogens with one attached hydrogen (secondary N) is 1. The molecule has 1 aromatic rings. The largest absolute Gasteiger partial charge is 0.481 e. The number of rotatable bonds is 5. The Kier molecular flexibility index (Phi) is 6.09. The number of benzene rings is 1. The second kappa shape index (κ2) is 7.92. The van der Waals surface area contributed by atoms with Gasteiger partial charge in [-0.3, -0.25) is 4.79 Å².